The first-order chi connectivity index (χ1) is 8.13. The Kier molecular flexibility index (Phi) is 3.72. The molecule has 17 heavy (non-hydrogen) atoms. The van der Waals surface area contributed by atoms with Crippen LogP contribution in [0.1, 0.15) is 43.4 Å². The fourth-order valence-corrected chi connectivity index (χ4v) is 3.05. The van der Waals surface area contributed by atoms with E-state index < -0.39 is 0 Å². The van der Waals surface area contributed by atoms with Gasteiger partial charge in [-0.25, -0.2) is 0 Å². The Morgan fingerprint density at radius 3 is 2.71 bits per heavy atom. The third-order valence-corrected chi connectivity index (χ3v) is 4.13. The second-order valence-corrected chi connectivity index (χ2v) is 5.34. The largest absolute Gasteiger partial charge is 0.496 e. The first kappa shape index (κ1) is 12.4. The number of hydrogen-bond donors (Lipinski definition) is 1. The van der Waals surface area contributed by atoms with Crippen molar-refractivity contribution in [3.05, 3.63) is 29.3 Å². The fourth-order valence-electron chi connectivity index (χ4n) is 3.05. The molecule has 0 aromatic heterocycles. The molecular weight excluding hydrogens is 210 g/mol. The van der Waals surface area contributed by atoms with E-state index in [2.05, 4.69) is 26.0 Å². The predicted molar refractivity (Wildman–Crippen MR) is 71.2 cm³/mol. The van der Waals surface area contributed by atoms with E-state index in [0.717, 1.165) is 11.7 Å². The molecule has 2 N–H and O–H groups in total. The summed E-state index contributed by atoms with van der Waals surface area (Å²) in [4.78, 5) is 0. The van der Waals surface area contributed by atoms with Crippen LogP contribution in [0, 0.1) is 18.8 Å². The van der Waals surface area contributed by atoms with Gasteiger partial charge in [-0.15, -0.1) is 0 Å². The van der Waals surface area contributed by atoms with E-state index in [1.165, 1.54) is 30.4 Å². The summed E-state index contributed by atoms with van der Waals surface area (Å²) < 4.78 is 5.44. The van der Waals surface area contributed by atoms with Crippen molar-refractivity contribution >= 4 is 0 Å². The van der Waals surface area contributed by atoms with Gasteiger partial charge < -0.3 is 10.5 Å². The molecule has 0 spiro atoms. The molecule has 2 rings (SSSR count). The highest BCUT2D eigenvalue weighted by atomic mass is 16.5. The average Bonchev–Trinajstić information content (AvgIpc) is 2.74. The summed E-state index contributed by atoms with van der Waals surface area (Å²) in [5.74, 6) is 2.27. The molecule has 1 fully saturated rings. The average molecular weight is 233 g/mol. The minimum Gasteiger partial charge on any atom is -0.496 e. The van der Waals surface area contributed by atoms with Crippen molar-refractivity contribution in [1.29, 1.82) is 0 Å². The molecule has 2 heteroatoms. The molecule has 0 bridgehead atoms. The van der Waals surface area contributed by atoms with Crippen LogP contribution in [0.25, 0.3) is 0 Å². The van der Waals surface area contributed by atoms with Crippen LogP contribution >= 0.6 is 0 Å². The molecule has 0 saturated heterocycles. The predicted octanol–water partition coefficient (Wildman–Crippen LogP) is 3.44. The zero-order valence-corrected chi connectivity index (χ0v) is 11.1. The molecule has 0 radical (unpaired) electrons. The van der Waals surface area contributed by atoms with E-state index in [1.54, 1.807) is 7.11 Å². The van der Waals surface area contributed by atoms with Crippen LogP contribution < -0.4 is 10.5 Å². The van der Waals surface area contributed by atoms with E-state index >= 15 is 0 Å². The molecule has 3 unspecified atom stereocenters. The minimum atomic E-state index is 0.113. The Balaban J connectivity index is 2.28. The van der Waals surface area contributed by atoms with Gasteiger partial charge in [0, 0.05) is 11.6 Å². The van der Waals surface area contributed by atoms with Crippen LogP contribution in [0.4, 0.5) is 0 Å². The van der Waals surface area contributed by atoms with Gasteiger partial charge in [-0.1, -0.05) is 37.5 Å². The number of benzene rings is 1. The fraction of sp³-hybridized carbons (Fsp3) is 0.600. The standard InChI is InChI=1S/C15H23NO/c1-10-7-8-14(17-3)13(9-10)15(16)12-6-4-5-11(12)2/h7-9,11-12,15H,4-6,16H2,1-3H3. The van der Waals surface area contributed by atoms with Crippen LogP contribution in [-0.4, -0.2) is 7.11 Å². The Labute approximate surface area is 104 Å². The van der Waals surface area contributed by atoms with Gasteiger partial charge in [-0.05, 0) is 31.2 Å². The lowest BCUT2D eigenvalue weighted by Crippen LogP contribution is -2.23. The lowest BCUT2D eigenvalue weighted by Gasteiger charge is -2.25. The van der Waals surface area contributed by atoms with Crippen LogP contribution in [0.2, 0.25) is 0 Å². The summed E-state index contributed by atoms with van der Waals surface area (Å²) >= 11 is 0. The highest BCUT2D eigenvalue weighted by Gasteiger charge is 2.30. The lowest BCUT2D eigenvalue weighted by atomic mass is 9.86. The molecule has 0 aliphatic heterocycles. The van der Waals surface area contributed by atoms with E-state index in [9.17, 15) is 0 Å². The molecule has 94 valence electrons. The summed E-state index contributed by atoms with van der Waals surface area (Å²) in [6.07, 6.45) is 3.87. The van der Waals surface area contributed by atoms with Crippen LogP contribution in [-0.2, 0) is 0 Å². The molecule has 1 aromatic rings. The summed E-state index contributed by atoms with van der Waals surface area (Å²) in [5.41, 5.74) is 8.88. The number of ether oxygens (including phenoxy) is 1. The van der Waals surface area contributed by atoms with Gasteiger partial charge in [0.15, 0.2) is 0 Å². The molecule has 3 atom stereocenters. The Hall–Kier alpha value is -1.02. The summed E-state index contributed by atoms with van der Waals surface area (Å²) in [5, 5.41) is 0. The van der Waals surface area contributed by atoms with Gasteiger partial charge in [0.05, 0.1) is 7.11 Å². The lowest BCUT2D eigenvalue weighted by molar-refractivity contribution is 0.336. The number of nitrogens with two attached hydrogens (primary N) is 1. The van der Waals surface area contributed by atoms with Gasteiger partial charge in [0.1, 0.15) is 5.75 Å². The molecule has 1 saturated carbocycles. The van der Waals surface area contributed by atoms with Crippen LogP contribution in [0.3, 0.4) is 0 Å². The van der Waals surface area contributed by atoms with Crippen LogP contribution in [0.15, 0.2) is 18.2 Å². The molecule has 1 aliphatic rings. The second kappa shape index (κ2) is 5.09. The van der Waals surface area contributed by atoms with E-state index in [0.29, 0.717) is 5.92 Å². The molecular formula is C15H23NO. The Morgan fingerprint density at radius 1 is 1.35 bits per heavy atom. The van der Waals surface area contributed by atoms with Crippen molar-refractivity contribution in [3.8, 4) is 5.75 Å². The number of aryl methyl sites for hydroxylation is 1. The SMILES string of the molecule is COc1ccc(C)cc1C(N)C1CCCC1C. The van der Waals surface area contributed by atoms with Crippen molar-refractivity contribution < 1.29 is 4.74 Å². The third kappa shape index (κ3) is 2.47. The van der Waals surface area contributed by atoms with Gasteiger partial charge in [0.2, 0.25) is 0 Å². The monoisotopic (exact) mass is 233 g/mol. The van der Waals surface area contributed by atoms with Crippen molar-refractivity contribution in [2.24, 2.45) is 17.6 Å². The normalized spacial score (nSPS) is 25.9. The molecule has 1 aromatic carbocycles. The molecule has 0 amide bonds. The first-order valence-electron chi connectivity index (χ1n) is 6.53. The maximum atomic E-state index is 6.46. The Morgan fingerprint density at radius 2 is 2.12 bits per heavy atom. The summed E-state index contributed by atoms with van der Waals surface area (Å²) in [6, 6.07) is 6.40. The minimum absolute atomic E-state index is 0.113. The van der Waals surface area contributed by atoms with E-state index in [1.807, 2.05) is 6.07 Å². The molecule has 0 heterocycles. The van der Waals surface area contributed by atoms with Crippen LogP contribution in [0.5, 0.6) is 5.75 Å². The van der Waals surface area contributed by atoms with E-state index in [-0.39, 0.29) is 6.04 Å². The number of rotatable bonds is 3. The zero-order valence-electron chi connectivity index (χ0n) is 11.1. The van der Waals surface area contributed by atoms with Gasteiger partial charge in [-0.2, -0.15) is 0 Å². The smallest absolute Gasteiger partial charge is 0.123 e. The van der Waals surface area contributed by atoms with Crippen molar-refractivity contribution in [2.45, 2.75) is 39.2 Å². The van der Waals surface area contributed by atoms with Gasteiger partial charge >= 0.3 is 0 Å². The molecule has 1 aliphatic carbocycles. The highest BCUT2D eigenvalue weighted by Crippen LogP contribution is 2.41. The number of hydrogen-bond acceptors (Lipinski definition) is 2. The topological polar surface area (TPSA) is 35.2 Å². The second-order valence-electron chi connectivity index (χ2n) is 5.34. The molecule has 2 nitrogen and oxygen atoms in total. The summed E-state index contributed by atoms with van der Waals surface area (Å²) in [6.45, 7) is 4.42. The highest BCUT2D eigenvalue weighted by molar-refractivity contribution is 5.39. The maximum Gasteiger partial charge on any atom is 0.123 e. The summed E-state index contributed by atoms with van der Waals surface area (Å²) in [7, 11) is 1.72. The first-order valence-corrected chi connectivity index (χ1v) is 6.53. The van der Waals surface area contributed by atoms with Crippen molar-refractivity contribution in [1.82, 2.24) is 0 Å². The van der Waals surface area contributed by atoms with Gasteiger partial charge in [0.25, 0.3) is 0 Å². The number of methoxy groups -OCH3 is 1. The third-order valence-electron chi connectivity index (χ3n) is 4.13. The maximum absolute atomic E-state index is 6.46. The van der Waals surface area contributed by atoms with Crippen molar-refractivity contribution in [3.63, 3.8) is 0 Å². The van der Waals surface area contributed by atoms with Gasteiger partial charge in [-0.3, -0.25) is 0 Å². The Bertz CT molecular complexity index is 389. The zero-order chi connectivity index (χ0) is 12.4. The van der Waals surface area contributed by atoms with E-state index in [4.69, 9.17) is 10.5 Å². The quantitative estimate of drug-likeness (QED) is 0.868. The van der Waals surface area contributed by atoms with Crippen molar-refractivity contribution in [2.75, 3.05) is 7.11 Å².